The van der Waals surface area contributed by atoms with Gasteiger partial charge in [0.05, 0.1) is 5.41 Å². The molecule has 0 aromatic carbocycles. The molecule has 106 valence electrons. The molecule has 18 heavy (non-hydrogen) atoms. The molecule has 0 bridgehead atoms. The zero-order chi connectivity index (χ0) is 14.0. The number of rotatable bonds is 6. The van der Waals surface area contributed by atoms with E-state index in [1.807, 2.05) is 13.8 Å². The Labute approximate surface area is 111 Å². The number of hydrazine groups is 1. The first-order valence-corrected chi connectivity index (χ1v) is 6.60. The van der Waals surface area contributed by atoms with Gasteiger partial charge in [-0.15, -0.1) is 0 Å². The predicted molar refractivity (Wildman–Crippen MR) is 73.9 cm³/mol. The highest BCUT2D eigenvalue weighted by molar-refractivity contribution is 5.81. The van der Waals surface area contributed by atoms with Gasteiger partial charge in [0.1, 0.15) is 0 Å². The van der Waals surface area contributed by atoms with Crippen molar-refractivity contribution < 1.29 is 4.79 Å². The Hall–Kier alpha value is -0.650. The first-order valence-electron chi connectivity index (χ1n) is 6.60. The van der Waals surface area contributed by atoms with E-state index >= 15 is 0 Å². The SMILES string of the molecule is CN(CC(C)(C)C(=O)NN)CC1(N(C)C)CCC1. The number of likely N-dealkylation sites (N-methyl/N-ethyl adjacent to an activating group) is 2. The second-order valence-corrected chi connectivity index (χ2v) is 6.50. The smallest absolute Gasteiger partial charge is 0.240 e. The largest absolute Gasteiger partial charge is 0.303 e. The Morgan fingerprint density at radius 3 is 2.22 bits per heavy atom. The second-order valence-electron chi connectivity index (χ2n) is 6.50. The van der Waals surface area contributed by atoms with Gasteiger partial charge in [0.2, 0.25) is 5.91 Å². The molecular formula is C13H28N4O. The summed E-state index contributed by atoms with van der Waals surface area (Å²) in [6.07, 6.45) is 3.79. The van der Waals surface area contributed by atoms with E-state index in [1.54, 1.807) is 0 Å². The molecule has 0 aliphatic heterocycles. The first-order chi connectivity index (χ1) is 8.23. The van der Waals surface area contributed by atoms with E-state index in [4.69, 9.17) is 5.84 Å². The number of hydrogen-bond acceptors (Lipinski definition) is 4. The summed E-state index contributed by atoms with van der Waals surface area (Å²) in [5.41, 5.74) is 2.09. The van der Waals surface area contributed by atoms with Crippen LogP contribution in [0.3, 0.4) is 0 Å². The molecule has 0 aromatic heterocycles. The summed E-state index contributed by atoms with van der Waals surface area (Å²) in [5.74, 6) is 5.11. The van der Waals surface area contributed by atoms with Crippen LogP contribution in [0, 0.1) is 5.41 Å². The highest BCUT2D eigenvalue weighted by Gasteiger charge is 2.41. The number of carbonyl (C=O) groups excluding carboxylic acids is 1. The third-order valence-electron chi connectivity index (χ3n) is 4.21. The molecule has 0 atom stereocenters. The van der Waals surface area contributed by atoms with Crippen molar-refractivity contribution in [3.8, 4) is 0 Å². The van der Waals surface area contributed by atoms with E-state index in [9.17, 15) is 4.79 Å². The fourth-order valence-corrected chi connectivity index (χ4v) is 2.83. The molecule has 1 aliphatic carbocycles. The van der Waals surface area contributed by atoms with Gasteiger partial charge in [-0.05, 0) is 54.3 Å². The maximum Gasteiger partial charge on any atom is 0.240 e. The average molecular weight is 256 g/mol. The van der Waals surface area contributed by atoms with E-state index in [0.29, 0.717) is 12.1 Å². The van der Waals surface area contributed by atoms with Crippen LogP contribution in [-0.4, -0.2) is 55.5 Å². The lowest BCUT2D eigenvalue weighted by Crippen LogP contribution is -2.58. The maximum absolute atomic E-state index is 11.7. The molecule has 3 N–H and O–H groups in total. The Morgan fingerprint density at radius 2 is 1.89 bits per heavy atom. The average Bonchev–Trinajstić information content (AvgIpc) is 2.20. The minimum atomic E-state index is -0.458. The van der Waals surface area contributed by atoms with Gasteiger partial charge in [0.25, 0.3) is 0 Å². The highest BCUT2D eigenvalue weighted by atomic mass is 16.2. The molecule has 1 saturated carbocycles. The number of amides is 1. The van der Waals surface area contributed by atoms with Gasteiger partial charge in [0, 0.05) is 18.6 Å². The van der Waals surface area contributed by atoms with E-state index in [0.717, 1.165) is 6.54 Å². The quantitative estimate of drug-likeness (QED) is 0.411. The monoisotopic (exact) mass is 256 g/mol. The molecule has 1 aliphatic rings. The van der Waals surface area contributed by atoms with Crippen molar-refractivity contribution in [2.45, 2.75) is 38.6 Å². The first kappa shape index (κ1) is 15.4. The van der Waals surface area contributed by atoms with Crippen molar-refractivity contribution in [2.75, 3.05) is 34.2 Å². The van der Waals surface area contributed by atoms with Gasteiger partial charge in [-0.2, -0.15) is 0 Å². The fraction of sp³-hybridized carbons (Fsp3) is 0.923. The van der Waals surface area contributed by atoms with Gasteiger partial charge in [-0.3, -0.25) is 10.2 Å². The zero-order valence-corrected chi connectivity index (χ0v) is 12.4. The topological polar surface area (TPSA) is 61.6 Å². The summed E-state index contributed by atoms with van der Waals surface area (Å²) in [6.45, 7) is 5.57. The molecule has 0 heterocycles. The van der Waals surface area contributed by atoms with Crippen LogP contribution in [0.25, 0.3) is 0 Å². The van der Waals surface area contributed by atoms with Crippen LogP contribution in [0.1, 0.15) is 33.1 Å². The summed E-state index contributed by atoms with van der Waals surface area (Å²) >= 11 is 0. The van der Waals surface area contributed by atoms with E-state index in [-0.39, 0.29) is 5.91 Å². The van der Waals surface area contributed by atoms with Crippen molar-refractivity contribution in [1.29, 1.82) is 0 Å². The highest BCUT2D eigenvalue weighted by Crippen LogP contribution is 2.37. The van der Waals surface area contributed by atoms with Gasteiger partial charge in [0.15, 0.2) is 0 Å². The van der Waals surface area contributed by atoms with Gasteiger partial charge < -0.3 is 9.80 Å². The van der Waals surface area contributed by atoms with Crippen LogP contribution in [0.15, 0.2) is 0 Å². The summed E-state index contributed by atoms with van der Waals surface area (Å²) in [4.78, 5) is 16.2. The molecule has 0 radical (unpaired) electrons. The lowest BCUT2D eigenvalue weighted by molar-refractivity contribution is -0.130. The van der Waals surface area contributed by atoms with Crippen LogP contribution in [0.4, 0.5) is 0 Å². The van der Waals surface area contributed by atoms with Crippen LogP contribution < -0.4 is 11.3 Å². The van der Waals surface area contributed by atoms with E-state index in [2.05, 4.69) is 36.4 Å². The van der Waals surface area contributed by atoms with Crippen molar-refractivity contribution in [3.63, 3.8) is 0 Å². The van der Waals surface area contributed by atoms with Crippen molar-refractivity contribution >= 4 is 5.91 Å². The second kappa shape index (κ2) is 5.55. The molecule has 5 nitrogen and oxygen atoms in total. The van der Waals surface area contributed by atoms with Crippen LogP contribution in [0.5, 0.6) is 0 Å². The standard InChI is InChI=1S/C13H28N4O/c1-12(2,11(18)15-14)9-17(5)10-13(16(3)4)7-6-8-13/h6-10,14H2,1-5H3,(H,15,18). The Kier molecular flexibility index (Phi) is 4.75. The molecule has 1 fully saturated rings. The molecule has 0 aromatic rings. The van der Waals surface area contributed by atoms with Gasteiger partial charge in [-0.25, -0.2) is 5.84 Å². The molecule has 0 spiro atoms. The fourth-order valence-electron chi connectivity index (χ4n) is 2.83. The lowest BCUT2D eigenvalue weighted by atomic mass is 9.75. The molecule has 1 rings (SSSR count). The third-order valence-corrected chi connectivity index (χ3v) is 4.21. The van der Waals surface area contributed by atoms with Crippen molar-refractivity contribution in [3.05, 3.63) is 0 Å². The Morgan fingerprint density at radius 1 is 1.33 bits per heavy atom. The van der Waals surface area contributed by atoms with Crippen LogP contribution in [0.2, 0.25) is 0 Å². The number of nitrogens with zero attached hydrogens (tertiary/aromatic N) is 2. The zero-order valence-electron chi connectivity index (χ0n) is 12.4. The maximum atomic E-state index is 11.7. The van der Waals surface area contributed by atoms with E-state index in [1.165, 1.54) is 19.3 Å². The Balaban J connectivity index is 2.56. The Bertz CT molecular complexity index is 297. The molecule has 0 unspecified atom stereocenters. The normalized spacial score (nSPS) is 18.9. The van der Waals surface area contributed by atoms with Crippen LogP contribution >= 0.6 is 0 Å². The summed E-state index contributed by atoms with van der Waals surface area (Å²) < 4.78 is 0. The van der Waals surface area contributed by atoms with Gasteiger partial charge >= 0.3 is 0 Å². The number of nitrogens with one attached hydrogen (secondary N) is 1. The minimum absolute atomic E-state index is 0.109. The van der Waals surface area contributed by atoms with Crippen molar-refractivity contribution in [2.24, 2.45) is 11.3 Å². The molecular weight excluding hydrogens is 228 g/mol. The molecule has 0 saturated heterocycles. The minimum Gasteiger partial charge on any atom is -0.303 e. The van der Waals surface area contributed by atoms with Gasteiger partial charge in [-0.1, -0.05) is 0 Å². The van der Waals surface area contributed by atoms with E-state index < -0.39 is 5.41 Å². The summed E-state index contributed by atoms with van der Waals surface area (Å²) in [7, 11) is 6.37. The number of carbonyl (C=O) groups is 1. The number of hydrogen-bond donors (Lipinski definition) is 2. The summed E-state index contributed by atoms with van der Waals surface area (Å²) in [5, 5.41) is 0. The molecule has 5 heteroatoms. The van der Waals surface area contributed by atoms with Crippen molar-refractivity contribution in [1.82, 2.24) is 15.2 Å². The number of nitrogens with two attached hydrogens (primary N) is 1. The lowest BCUT2D eigenvalue weighted by Gasteiger charge is -2.50. The predicted octanol–water partition coefficient (Wildman–Crippen LogP) is 0.419. The summed E-state index contributed by atoms with van der Waals surface area (Å²) in [6, 6.07) is 0. The van der Waals surface area contributed by atoms with Crippen LogP contribution in [-0.2, 0) is 4.79 Å². The third kappa shape index (κ3) is 3.22. The molecule has 1 amide bonds.